The van der Waals surface area contributed by atoms with E-state index in [1.54, 1.807) is 6.92 Å². The molecule has 2 amide bonds. The average molecular weight is 254 g/mol. The minimum Gasteiger partial charge on any atom is -0.481 e. The second-order valence-electron chi connectivity index (χ2n) is 5.99. The lowest BCUT2D eigenvalue weighted by Gasteiger charge is -2.27. The molecule has 0 spiro atoms. The predicted octanol–water partition coefficient (Wildman–Crippen LogP) is 1.58. The van der Waals surface area contributed by atoms with Gasteiger partial charge in [0.2, 0.25) is 0 Å². The van der Waals surface area contributed by atoms with E-state index in [-0.39, 0.29) is 12.1 Å². The smallest absolute Gasteiger partial charge is 0.315 e. The highest BCUT2D eigenvalue weighted by molar-refractivity contribution is 5.79. The lowest BCUT2D eigenvalue weighted by atomic mass is 9.85. The van der Waals surface area contributed by atoms with Gasteiger partial charge < -0.3 is 15.7 Å². The van der Waals surface area contributed by atoms with Gasteiger partial charge in [-0.25, -0.2) is 4.79 Å². The second kappa shape index (κ2) is 4.78. The summed E-state index contributed by atoms with van der Waals surface area (Å²) in [6.45, 7) is 4.59. The van der Waals surface area contributed by atoms with Crippen LogP contribution >= 0.6 is 0 Å². The molecular formula is C13H22N2O3. The molecule has 0 aliphatic heterocycles. The molecule has 2 aliphatic carbocycles. The van der Waals surface area contributed by atoms with Crippen LogP contribution in [-0.2, 0) is 4.79 Å². The summed E-state index contributed by atoms with van der Waals surface area (Å²) < 4.78 is 0. The lowest BCUT2D eigenvalue weighted by molar-refractivity contribution is -0.148. The highest BCUT2D eigenvalue weighted by Gasteiger charge is 2.46. The van der Waals surface area contributed by atoms with Crippen LogP contribution in [0.25, 0.3) is 0 Å². The molecule has 4 atom stereocenters. The first-order valence-corrected chi connectivity index (χ1v) is 6.71. The monoisotopic (exact) mass is 254 g/mol. The van der Waals surface area contributed by atoms with Gasteiger partial charge in [0.05, 0.1) is 5.41 Å². The van der Waals surface area contributed by atoms with Gasteiger partial charge in [0.25, 0.3) is 0 Å². The normalized spacial score (nSPS) is 38.2. The van der Waals surface area contributed by atoms with Crippen molar-refractivity contribution < 1.29 is 14.7 Å². The number of nitrogens with one attached hydrogen (secondary N) is 2. The molecule has 0 radical (unpaired) electrons. The van der Waals surface area contributed by atoms with Crippen LogP contribution in [0.2, 0.25) is 0 Å². The second-order valence-corrected chi connectivity index (χ2v) is 5.99. The van der Waals surface area contributed by atoms with E-state index < -0.39 is 11.4 Å². The molecule has 3 N–H and O–H groups in total. The fraction of sp³-hybridized carbons (Fsp3) is 0.846. The zero-order valence-corrected chi connectivity index (χ0v) is 11.0. The zero-order valence-electron chi connectivity index (χ0n) is 11.0. The number of carboxylic acids is 1. The fourth-order valence-electron chi connectivity index (χ4n) is 2.77. The van der Waals surface area contributed by atoms with E-state index in [2.05, 4.69) is 17.6 Å². The molecule has 0 aromatic rings. The van der Waals surface area contributed by atoms with Crippen LogP contribution in [0.5, 0.6) is 0 Å². The average Bonchev–Trinajstić information content (AvgIpc) is 2.88. The number of carbonyl (C=O) groups excluding carboxylic acids is 1. The predicted molar refractivity (Wildman–Crippen MR) is 67.2 cm³/mol. The van der Waals surface area contributed by atoms with Crippen molar-refractivity contribution in [2.75, 3.05) is 6.54 Å². The first-order valence-electron chi connectivity index (χ1n) is 6.71. The van der Waals surface area contributed by atoms with Gasteiger partial charge in [-0.1, -0.05) is 13.3 Å². The Morgan fingerprint density at radius 1 is 1.44 bits per heavy atom. The Balaban J connectivity index is 1.81. The van der Waals surface area contributed by atoms with Crippen molar-refractivity contribution in [2.45, 2.75) is 45.6 Å². The summed E-state index contributed by atoms with van der Waals surface area (Å²) >= 11 is 0. The van der Waals surface area contributed by atoms with E-state index in [1.807, 2.05) is 0 Å². The van der Waals surface area contributed by atoms with Gasteiger partial charge in [0.15, 0.2) is 0 Å². The Kier molecular flexibility index (Phi) is 3.50. The van der Waals surface area contributed by atoms with Gasteiger partial charge in [0.1, 0.15) is 0 Å². The minimum absolute atomic E-state index is 0.228. The number of hydrogen-bond donors (Lipinski definition) is 3. The Morgan fingerprint density at radius 3 is 2.67 bits per heavy atom. The molecule has 0 aromatic heterocycles. The first kappa shape index (κ1) is 13.2. The number of amides is 2. The Labute approximate surface area is 107 Å². The molecule has 2 aliphatic rings. The fourth-order valence-corrected chi connectivity index (χ4v) is 2.77. The van der Waals surface area contributed by atoms with Gasteiger partial charge in [-0.05, 0) is 38.0 Å². The maximum absolute atomic E-state index is 11.7. The van der Waals surface area contributed by atoms with Crippen molar-refractivity contribution >= 4 is 12.0 Å². The summed E-state index contributed by atoms with van der Waals surface area (Å²) in [5.41, 5.74) is -0.815. The van der Waals surface area contributed by atoms with Crippen molar-refractivity contribution in [3.8, 4) is 0 Å². The van der Waals surface area contributed by atoms with E-state index >= 15 is 0 Å². The Morgan fingerprint density at radius 2 is 2.11 bits per heavy atom. The van der Waals surface area contributed by atoms with Crippen LogP contribution in [-0.4, -0.2) is 29.7 Å². The third kappa shape index (κ3) is 2.60. The molecule has 5 nitrogen and oxygen atoms in total. The maximum Gasteiger partial charge on any atom is 0.315 e. The molecule has 2 fully saturated rings. The van der Waals surface area contributed by atoms with E-state index in [1.165, 1.54) is 6.42 Å². The molecule has 0 heterocycles. The quantitative estimate of drug-likeness (QED) is 0.712. The molecular weight excluding hydrogens is 232 g/mol. The molecule has 102 valence electrons. The van der Waals surface area contributed by atoms with Crippen LogP contribution in [0.4, 0.5) is 4.79 Å². The molecule has 2 saturated carbocycles. The molecule has 4 unspecified atom stereocenters. The summed E-state index contributed by atoms with van der Waals surface area (Å²) in [4.78, 5) is 23.0. The van der Waals surface area contributed by atoms with Gasteiger partial charge in [-0.3, -0.25) is 4.79 Å². The van der Waals surface area contributed by atoms with Crippen LogP contribution < -0.4 is 10.6 Å². The summed E-state index contributed by atoms with van der Waals surface area (Å²) in [5.74, 6) is 0.493. The molecule has 0 aromatic carbocycles. The summed E-state index contributed by atoms with van der Waals surface area (Å²) in [7, 11) is 0. The minimum atomic E-state index is -0.818. The third-order valence-electron chi connectivity index (χ3n) is 4.55. The number of hydrogen-bond acceptors (Lipinski definition) is 2. The Bertz CT molecular complexity index is 358. The maximum atomic E-state index is 11.7. The Hall–Kier alpha value is -1.26. The third-order valence-corrected chi connectivity index (χ3v) is 4.55. The van der Waals surface area contributed by atoms with Crippen LogP contribution in [0.3, 0.4) is 0 Å². The van der Waals surface area contributed by atoms with E-state index in [0.717, 1.165) is 12.8 Å². The van der Waals surface area contributed by atoms with E-state index in [4.69, 9.17) is 0 Å². The highest BCUT2D eigenvalue weighted by atomic mass is 16.4. The van der Waals surface area contributed by atoms with Gasteiger partial charge in [-0.15, -0.1) is 0 Å². The van der Waals surface area contributed by atoms with Crippen molar-refractivity contribution in [2.24, 2.45) is 17.3 Å². The van der Waals surface area contributed by atoms with Crippen LogP contribution in [0.15, 0.2) is 0 Å². The van der Waals surface area contributed by atoms with Crippen LogP contribution in [0.1, 0.15) is 39.5 Å². The van der Waals surface area contributed by atoms with Crippen molar-refractivity contribution in [1.29, 1.82) is 0 Å². The molecule has 0 bridgehead atoms. The highest BCUT2D eigenvalue weighted by Crippen LogP contribution is 2.38. The standard InChI is InChI=1S/C13H22N2O3/c1-8-6-9(8)7-14-12(18)15-10-4-3-5-13(10,2)11(16)17/h8-10H,3-7H2,1-2H3,(H,16,17)(H2,14,15,18). The largest absolute Gasteiger partial charge is 0.481 e. The van der Waals surface area contributed by atoms with Crippen molar-refractivity contribution in [1.82, 2.24) is 10.6 Å². The van der Waals surface area contributed by atoms with Gasteiger partial charge in [-0.2, -0.15) is 0 Å². The topological polar surface area (TPSA) is 78.4 Å². The number of rotatable bonds is 4. The molecule has 18 heavy (non-hydrogen) atoms. The van der Waals surface area contributed by atoms with Crippen molar-refractivity contribution in [3.05, 3.63) is 0 Å². The van der Waals surface area contributed by atoms with E-state index in [0.29, 0.717) is 24.8 Å². The van der Waals surface area contributed by atoms with E-state index in [9.17, 15) is 14.7 Å². The first-order chi connectivity index (χ1) is 8.43. The summed E-state index contributed by atoms with van der Waals surface area (Å²) in [5, 5.41) is 14.9. The number of carboxylic acid groups (broad SMARTS) is 1. The van der Waals surface area contributed by atoms with Gasteiger partial charge >= 0.3 is 12.0 Å². The van der Waals surface area contributed by atoms with Gasteiger partial charge in [0, 0.05) is 12.6 Å². The number of carbonyl (C=O) groups is 2. The van der Waals surface area contributed by atoms with Crippen molar-refractivity contribution in [3.63, 3.8) is 0 Å². The number of aliphatic carboxylic acids is 1. The van der Waals surface area contributed by atoms with Crippen LogP contribution in [0, 0.1) is 17.3 Å². The lowest BCUT2D eigenvalue weighted by Crippen LogP contribution is -2.50. The number of urea groups is 1. The molecule has 5 heteroatoms. The zero-order chi connectivity index (χ0) is 13.3. The summed E-state index contributed by atoms with van der Waals surface area (Å²) in [6.07, 6.45) is 3.41. The molecule has 2 rings (SSSR count). The molecule has 0 saturated heterocycles. The summed E-state index contributed by atoms with van der Waals surface area (Å²) in [6, 6.07) is -0.486. The SMILES string of the molecule is CC1CC1CNC(=O)NC1CCCC1(C)C(=O)O.